The summed E-state index contributed by atoms with van der Waals surface area (Å²) < 4.78 is 2.31. The fourth-order valence-electron chi connectivity index (χ4n) is 2.42. The van der Waals surface area contributed by atoms with E-state index in [1.165, 1.54) is 12.8 Å². The highest BCUT2D eigenvalue weighted by atomic mass is 79.9. The van der Waals surface area contributed by atoms with Crippen molar-refractivity contribution in [2.45, 2.75) is 38.7 Å². The monoisotopic (exact) mass is 273 g/mol. The zero-order valence-corrected chi connectivity index (χ0v) is 10.7. The van der Waals surface area contributed by atoms with Crippen molar-refractivity contribution in [3.05, 3.63) is 10.3 Å². The molecule has 2 rings (SSSR count). The lowest BCUT2D eigenvalue weighted by atomic mass is 9.81. The van der Waals surface area contributed by atoms with Crippen molar-refractivity contribution in [2.24, 2.45) is 12.5 Å². The highest BCUT2D eigenvalue weighted by Gasteiger charge is 2.39. The van der Waals surface area contributed by atoms with Crippen LogP contribution in [0.3, 0.4) is 0 Å². The molecule has 1 aliphatic carbocycles. The summed E-state index contributed by atoms with van der Waals surface area (Å²) in [5.74, 6) is 0. The van der Waals surface area contributed by atoms with Crippen molar-refractivity contribution in [2.75, 3.05) is 0 Å². The van der Waals surface area contributed by atoms with Crippen LogP contribution in [0.5, 0.6) is 0 Å². The molecule has 5 heteroatoms. The van der Waals surface area contributed by atoms with Crippen molar-refractivity contribution < 1.29 is 5.11 Å². The molecule has 0 bridgehead atoms. The van der Waals surface area contributed by atoms with E-state index in [-0.39, 0.29) is 5.41 Å². The van der Waals surface area contributed by atoms with E-state index in [4.69, 9.17) is 0 Å². The quantitative estimate of drug-likeness (QED) is 0.899. The van der Waals surface area contributed by atoms with Gasteiger partial charge in [0, 0.05) is 7.05 Å². The molecular weight excluding hydrogens is 258 g/mol. The molecule has 1 unspecified atom stereocenters. The summed E-state index contributed by atoms with van der Waals surface area (Å²) in [6, 6.07) is 0. The van der Waals surface area contributed by atoms with Crippen LogP contribution in [0.1, 0.15) is 44.4 Å². The van der Waals surface area contributed by atoms with Crippen molar-refractivity contribution in [3.8, 4) is 0 Å². The Hall–Kier alpha value is -0.420. The third-order valence-electron chi connectivity index (χ3n) is 3.49. The van der Waals surface area contributed by atoms with Crippen molar-refractivity contribution in [1.82, 2.24) is 15.0 Å². The first kappa shape index (κ1) is 11.1. The Morgan fingerprint density at radius 2 is 2.07 bits per heavy atom. The number of aliphatic hydroxyl groups is 1. The third kappa shape index (κ3) is 1.83. The average molecular weight is 274 g/mol. The van der Waals surface area contributed by atoms with Gasteiger partial charge < -0.3 is 5.11 Å². The molecular formula is C10H16BrN3O. The van der Waals surface area contributed by atoms with E-state index in [1.54, 1.807) is 4.68 Å². The van der Waals surface area contributed by atoms with Crippen LogP contribution in [0, 0.1) is 5.41 Å². The second-order valence-electron chi connectivity index (χ2n) is 4.65. The lowest BCUT2D eigenvalue weighted by Gasteiger charge is -2.29. The molecule has 1 aromatic heterocycles. The van der Waals surface area contributed by atoms with Crippen LogP contribution in [-0.4, -0.2) is 20.1 Å². The lowest BCUT2D eigenvalue weighted by molar-refractivity contribution is 0.0337. The number of halogens is 1. The molecule has 0 aliphatic heterocycles. The van der Waals surface area contributed by atoms with E-state index >= 15 is 0 Å². The molecule has 1 aliphatic rings. The van der Waals surface area contributed by atoms with Crippen LogP contribution in [0.4, 0.5) is 0 Å². The van der Waals surface area contributed by atoms with Gasteiger partial charge in [-0.3, -0.25) is 0 Å². The Kier molecular flexibility index (Phi) is 2.85. The first-order valence-corrected chi connectivity index (χ1v) is 6.07. The van der Waals surface area contributed by atoms with Gasteiger partial charge in [0.1, 0.15) is 11.8 Å². The van der Waals surface area contributed by atoms with Crippen LogP contribution < -0.4 is 0 Å². The van der Waals surface area contributed by atoms with Crippen molar-refractivity contribution in [1.29, 1.82) is 0 Å². The first-order chi connectivity index (χ1) is 7.04. The molecule has 1 N–H and O–H groups in total. The number of hydrogen-bond acceptors (Lipinski definition) is 3. The summed E-state index contributed by atoms with van der Waals surface area (Å²) in [5, 5.41) is 18.2. The van der Waals surface area contributed by atoms with Crippen molar-refractivity contribution >= 4 is 15.9 Å². The summed E-state index contributed by atoms with van der Waals surface area (Å²) >= 11 is 3.33. The predicted octanol–water partition coefficient (Wildman–Crippen LogP) is 2.19. The minimum Gasteiger partial charge on any atom is -0.386 e. The topological polar surface area (TPSA) is 50.9 Å². The van der Waals surface area contributed by atoms with E-state index < -0.39 is 6.10 Å². The molecule has 0 spiro atoms. The summed E-state index contributed by atoms with van der Waals surface area (Å²) in [6.07, 6.45) is 4.08. The highest BCUT2D eigenvalue weighted by Crippen LogP contribution is 2.47. The number of nitrogens with zero attached hydrogens (tertiary/aromatic N) is 3. The van der Waals surface area contributed by atoms with Gasteiger partial charge in [-0.1, -0.05) is 25.0 Å². The van der Waals surface area contributed by atoms with Gasteiger partial charge in [0.05, 0.1) is 0 Å². The molecule has 84 valence electrons. The van der Waals surface area contributed by atoms with Gasteiger partial charge in [0.25, 0.3) is 0 Å². The largest absolute Gasteiger partial charge is 0.386 e. The summed E-state index contributed by atoms with van der Waals surface area (Å²) in [6.45, 7) is 2.14. The maximum atomic E-state index is 10.4. The Labute approximate surface area is 97.8 Å². The fraction of sp³-hybridized carbons (Fsp3) is 0.800. The normalized spacial score (nSPS) is 21.9. The SMILES string of the molecule is Cn1nnc(Br)c1C(O)C1(C)CCCC1. The minimum atomic E-state index is -0.477. The highest BCUT2D eigenvalue weighted by molar-refractivity contribution is 9.10. The average Bonchev–Trinajstić information content (AvgIpc) is 2.75. The fourth-order valence-corrected chi connectivity index (χ4v) is 2.96. The van der Waals surface area contributed by atoms with Crippen LogP contribution in [0.25, 0.3) is 0 Å². The zero-order valence-electron chi connectivity index (χ0n) is 9.07. The smallest absolute Gasteiger partial charge is 0.154 e. The number of rotatable bonds is 2. The van der Waals surface area contributed by atoms with Gasteiger partial charge in [-0.25, -0.2) is 4.68 Å². The summed E-state index contributed by atoms with van der Waals surface area (Å²) in [5.41, 5.74) is 0.775. The van der Waals surface area contributed by atoms with Gasteiger partial charge in [-0.2, -0.15) is 0 Å². The van der Waals surface area contributed by atoms with E-state index in [1.807, 2.05) is 7.05 Å². The molecule has 1 saturated carbocycles. The number of aryl methyl sites for hydroxylation is 1. The van der Waals surface area contributed by atoms with Crippen LogP contribution in [0.15, 0.2) is 4.60 Å². The second kappa shape index (κ2) is 3.87. The lowest BCUT2D eigenvalue weighted by Crippen LogP contribution is -2.24. The van der Waals surface area contributed by atoms with Crippen LogP contribution in [-0.2, 0) is 7.05 Å². The van der Waals surface area contributed by atoms with Crippen LogP contribution >= 0.6 is 15.9 Å². The van der Waals surface area contributed by atoms with Gasteiger partial charge in [-0.15, -0.1) is 5.10 Å². The molecule has 0 radical (unpaired) electrons. The number of hydrogen-bond donors (Lipinski definition) is 1. The van der Waals surface area contributed by atoms with Gasteiger partial charge in [0.15, 0.2) is 4.60 Å². The molecule has 0 aromatic carbocycles. The standard InChI is InChI=1S/C10H16BrN3O/c1-10(5-3-4-6-10)8(15)7-9(11)12-13-14(7)2/h8,15H,3-6H2,1-2H3. The summed E-state index contributed by atoms with van der Waals surface area (Å²) in [7, 11) is 1.81. The van der Waals surface area contributed by atoms with E-state index in [0.717, 1.165) is 18.5 Å². The molecule has 1 aromatic rings. The van der Waals surface area contributed by atoms with Crippen molar-refractivity contribution in [3.63, 3.8) is 0 Å². The molecule has 1 atom stereocenters. The Morgan fingerprint density at radius 1 is 1.47 bits per heavy atom. The van der Waals surface area contributed by atoms with E-state index in [0.29, 0.717) is 4.60 Å². The molecule has 1 heterocycles. The molecule has 0 saturated heterocycles. The van der Waals surface area contributed by atoms with E-state index in [2.05, 4.69) is 33.2 Å². The Morgan fingerprint density at radius 3 is 2.53 bits per heavy atom. The minimum absolute atomic E-state index is 0.0159. The zero-order chi connectivity index (χ0) is 11.1. The maximum Gasteiger partial charge on any atom is 0.154 e. The van der Waals surface area contributed by atoms with E-state index in [9.17, 15) is 5.11 Å². The van der Waals surface area contributed by atoms with Gasteiger partial charge in [-0.05, 0) is 34.2 Å². The molecule has 1 fully saturated rings. The first-order valence-electron chi connectivity index (χ1n) is 5.28. The third-order valence-corrected chi connectivity index (χ3v) is 4.06. The maximum absolute atomic E-state index is 10.4. The summed E-state index contributed by atoms with van der Waals surface area (Å²) in [4.78, 5) is 0. The Bertz CT molecular complexity index is 338. The van der Waals surface area contributed by atoms with Gasteiger partial charge >= 0.3 is 0 Å². The van der Waals surface area contributed by atoms with Crippen LogP contribution in [0.2, 0.25) is 0 Å². The predicted molar refractivity (Wildman–Crippen MR) is 60.2 cm³/mol. The number of aliphatic hydroxyl groups excluding tert-OH is 1. The molecule has 0 amide bonds. The van der Waals surface area contributed by atoms with Gasteiger partial charge in [0.2, 0.25) is 0 Å². The number of aromatic nitrogens is 3. The Balaban J connectivity index is 2.31. The second-order valence-corrected chi connectivity index (χ2v) is 5.40. The molecule has 4 nitrogen and oxygen atoms in total. The molecule has 15 heavy (non-hydrogen) atoms.